The van der Waals surface area contributed by atoms with E-state index in [4.69, 9.17) is 14.2 Å². The third-order valence-electron chi connectivity index (χ3n) is 7.10. The van der Waals surface area contributed by atoms with Crippen LogP contribution in [0, 0.1) is 5.92 Å². The molecule has 0 aliphatic heterocycles. The lowest BCUT2D eigenvalue weighted by atomic mass is 9.68. The molecular formula is C33H32O5. The molecule has 0 amide bonds. The molecule has 0 radical (unpaired) electrons. The van der Waals surface area contributed by atoms with Gasteiger partial charge in [-0.3, -0.25) is 4.79 Å². The van der Waals surface area contributed by atoms with E-state index in [0.29, 0.717) is 34.3 Å². The molecule has 0 heterocycles. The van der Waals surface area contributed by atoms with Crippen LogP contribution in [0.1, 0.15) is 59.5 Å². The molecule has 0 saturated carbocycles. The van der Waals surface area contributed by atoms with Crippen LogP contribution >= 0.6 is 0 Å². The zero-order valence-electron chi connectivity index (χ0n) is 22.4. The van der Waals surface area contributed by atoms with Crippen molar-refractivity contribution in [2.24, 2.45) is 5.92 Å². The van der Waals surface area contributed by atoms with Crippen molar-refractivity contribution in [2.45, 2.75) is 33.1 Å². The molecule has 0 fully saturated rings. The summed E-state index contributed by atoms with van der Waals surface area (Å²) in [4.78, 5) is 24.2. The number of rotatable bonds is 9. The average molecular weight is 509 g/mol. The van der Waals surface area contributed by atoms with E-state index in [-0.39, 0.29) is 11.2 Å². The zero-order valence-corrected chi connectivity index (χ0v) is 22.4. The number of hydrogen-bond acceptors (Lipinski definition) is 5. The molecule has 0 saturated heterocycles. The highest BCUT2D eigenvalue weighted by Crippen LogP contribution is 2.40. The van der Waals surface area contributed by atoms with E-state index in [1.165, 1.54) is 12.5 Å². The SMILES string of the molecule is COc1ccc(C(C)(c2ccc(OC(=O)c3ccc(Oc4ccc(C(C)=O)cc4)cc3)cc2)C(C)C)cc1. The average Bonchev–Trinajstić information content (AvgIpc) is 2.93. The van der Waals surface area contributed by atoms with Crippen LogP contribution < -0.4 is 14.2 Å². The van der Waals surface area contributed by atoms with Crippen molar-refractivity contribution in [3.8, 4) is 23.0 Å². The molecular weight excluding hydrogens is 476 g/mol. The van der Waals surface area contributed by atoms with Crippen LogP contribution in [0.2, 0.25) is 0 Å². The van der Waals surface area contributed by atoms with Gasteiger partial charge in [0.15, 0.2) is 5.78 Å². The Balaban J connectivity index is 1.43. The van der Waals surface area contributed by atoms with Crippen LogP contribution in [-0.2, 0) is 5.41 Å². The van der Waals surface area contributed by atoms with Crippen LogP contribution in [0.25, 0.3) is 0 Å². The summed E-state index contributed by atoms with van der Waals surface area (Å²) in [6.45, 7) is 8.15. The van der Waals surface area contributed by atoms with Crippen molar-refractivity contribution < 1.29 is 23.8 Å². The minimum atomic E-state index is -0.447. The van der Waals surface area contributed by atoms with E-state index in [0.717, 1.165) is 11.3 Å². The quantitative estimate of drug-likeness (QED) is 0.131. The number of methoxy groups -OCH3 is 1. The number of Topliss-reactive ketones (excluding diaryl/α,β-unsaturated/α-hetero) is 1. The van der Waals surface area contributed by atoms with Gasteiger partial charge in [0.1, 0.15) is 23.0 Å². The Morgan fingerprint density at radius 1 is 0.632 bits per heavy atom. The van der Waals surface area contributed by atoms with Gasteiger partial charge in [-0.05, 0) is 96.8 Å². The summed E-state index contributed by atoms with van der Waals surface area (Å²) in [6, 6.07) is 29.5. The van der Waals surface area contributed by atoms with E-state index in [9.17, 15) is 9.59 Å². The van der Waals surface area contributed by atoms with Crippen molar-refractivity contribution in [1.29, 1.82) is 0 Å². The number of carbonyl (C=O) groups is 2. The molecule has 0 aliphatic rings. The first kappa shape index (κ1) is 26.7. The highest BCUT2D eigenvalue weighted by atomic mass is 16.5. The van der Waals surface area contributed by atoms with Crippen molar-refractivity contribution in [3.63, 3.8) is 0 Å². The number of benzene rings is 4. The molecule has 4 aromatic rings. The number of ketones is 1. The standard InChI is InChI=1S/C33H32O5/c1-22(2)33(4,26-10-18-28(36-5)19-11-26)27-12-20-31(21-13-27)38-32(35)25-8-16-30(17-9-25)37-29-14-6-24(7-15-29)23(3)34/h6-22H,1-5H3. The summed E-state index contributed by atoms with van der Waals surface area (Å²) in [7, 11) is 1.66. The maximum absolute atomic E-state index is 12.8. The first-order valence-electron chi connectivity index (χ1n) is 12.6. The molecule has 38 heavy (non-hydrogen) atoms. The largest absolute Gasteiger partial charge is 0.497 e. The van der Waals surface area contributed by atoms with Gasteiger partial charge >= 0.3 is 5.97 Å². The van der Waals surface area contributed by atoms with Gasteiger partial charge in [0.25, 0.3) is 0 Å². The number of hydrogen-bond donors (Lipinski definition) is 0. The highest BCUT2D eigenvalue weighted by Gasteiger charge is 2.32. The number of esters is 1. The molecule has 0 N–H and O–H groups in total. The van der Waals surface area contributed by atoms with Crippen LogP contribution in [0.3, 0.4) is 0 Å². The van der Waals surface area contributed by atoms with Gasteiger partial charge in [-0.25, -0.2) is 4.79 Å². The summed E-state index contributed by atoms with van der Waals surface area (Å²) in [5.74, 6) is 2.37. The number of carbonyl (C=O) groups excluding carboxylic acids is 2. The van der Waals surface area contributed by atoms with Gasteiger partial charge in [0.2, 0.25) is 0 Å². The van der Waals surface area contributed by atoms with Gasteiger partial charge in [0, 0.05) is 11.0 Å². The van der Waals surface area contributed by atoms with Crippen LogP contribution in [0.4, 0.5) is 0 Å². The highest BCUT2D eigenvalue weighted by molar-refractivity contribution is 5.94. The molecule has 5 nitrogen and oxygen atoms in total. The van der Waals surface area contributed by atoms with Gasteiger partial charge in [-0.2, -0.15) is 0 Å². The summed E-state index contributed by atoms with van der Waals surface area (Å²) >= 11 is 0. The smallest absolute Gasteiger partial charge is 0.343 e. The lowest BCUT2D eigenvalue weighted by Crippen LogP contribution is -2.30. The zero-order chi connectivity index (χ0) is 27.3. The summed E-state index contributed by atoms with van der Waals surface area (Å²) in [5, 5.41) is 0. The monoisotopic (exact) mass is 508 g/mol. The van der Waals surface area contributed by atoms with Gasteiger partial charge < -0.3 is 14.2 Å². The fourth-order valence-electron chi connectivity index (χ4n) is 4.36. The van der Waals surface area contributed by atoms with Crippen molar-refractivity contribution in [2.75, 3.05) is 7.11 Å². The Bertz CT molecular complexity index is 1390. The first-order chi connectivity index (χ1) is 18.2. The molecule has 0 spiro atoms. The molecule has 1 unspecified atom stereocenters. The second-order valence-corrected chi connectivity index (χ2v) is 9.71. The minimum Gasteiger partial charge on any atom is -0.497 e. The fourth-order valence-corrected chi connectivity index (χ4v) is 4.36. The van der Waals surface area contributed by atoms with Gasteiger partial charge in [-0.1, -0.05) is 45.0 Å². The van der Waals surface area contributed by atoms with Crippen LogP contribution in [0.5, 0.6) is 23.0 Å². The van der Waals surface area contributed by atoms with E-state index in [1.54, 1.807) is 55.6 Å². The summed E-state index contributed by atoms with van der Waals surface area (Å²) in [5.41, 5.74) is 3.14. The Hall–Kier alpha value is -4.38. The maximum atomic E-state index is 12.8. The normalized spacial score (nSPS) is 12.5. The molecule has 0 aliphatic carbocycles. The van der Waals surface area contributed by atoms with E-state index in [1.807, 2.05) is 36.4 Å². The molecule has 1 atom stereocenters. The minimum absolute atomic E-state index is 0.000217. The lowest BCUT2D eigenvalue weighted by Gasteiger charge is -2.35. The predicted molar refractivity (Wildman–Crippen MR) is 149 cm³/mol. The Morgan fingerprint density at radius 3 is 1.47 bits per heavy atom. The van der Waals surface area contributed by atoms with E-state index in [2.05, 4.69) is 32.9 Å². The molecule has 0 bridgehead atoms. The summed E-state index contributed by atoms with van der Waals surface area (Å²) in [6.07, 6.45) is 0. The Labute approximate surface area is 224 Å². The molecule has 4 rings (SSSR count). The predicted octanol–water partition coefficient (Wildman–Crippen LogP) is 7.87. The van der Waals surface area contributed by atoms with Crippen LogP contribution in [-0.4, -0.2) is 18.9 Å². The lowest BCUT2D eigenvalue weighted by molar-refractivity contribution is 0.0734. The Kier molecular flexibility index (Phi) is 7.96. The third-order valence-corrected chi connectivity index (χ3v) is 7.10. The van der Waals surface area contributed by atoms with Gasteiger partial charge in [-0.15, -0.1) is 0 Å². The van der Waals surface area contributed by atoms with Crippen molar-refractivity contribution >= 4 is 11.8 Å². The van der Waals surface area contributed by atoms with Gasteiger partial charge in [0.05, 0.1) is 12.7 Å². The molecule has 194 valence electrons. The topological polar surface area (TPSA) is 61.8 Å². The summed E-state index contributed by atoms with van der Waals surface area (Å²) < 4.78 is 16.8. The van der Waals surface area contributed by atoms with Crippen LogP contribution in [0.15, 0.2) is 97.1 Å². The van der Waals surface area contributed by atoms with Crippen molar-refractivity contribution in [1.82, 2.24) is 0 Å². The second-order valence-electron chi connectivity index (χ2n) is 9.71. The third kappa shape index (κ3) is 5.78. The molecule has 5 heteroatoms. The second kappa shape index (κ2) is 11.3. The molecule has 0 aromatic heterocycles. The van der Waals surface area contributed by atoms with E-state index >= 15 is 0 Å². The maximum Gasteiger partial charge on any atom is 0.343 e. The molecule has 4 aromatic carbocycles. The number of ether oxygens (including phenoxy) is 3. The first-order valence-corrected chi connectivity index (χ1v) is 12.6. The van der Waals surface area contributed by atoms with Crippen molar-refractivity contribution in [3.05, 3.63) is 119 Å². The van der Waals surface area contributed by atoms with E-state index < -0.39 is 5.97 Å². The Morgan fingerprint density at radius 2 is 1.05 bits per heavy atom. The fraction of sp³-hybridized carbons (Fsp3) is 0.212.